The fourth-order valence-corrected chi connectivity index (χ4v) is 8.07. The van der Waals surface area contributed by atoms with Crippen molar-refractivity contribution in [3.05, 3.63) is 59.7 Å². The van der Waals surface area contributed by atoms with Crippen LogP contribution >= 0.6 is 0 Å². The number of hydrogen-bond donors (Lipinski definition) is 1. The van der Waals surface area contributed by atoms with Crippen molar-refractivity contribution in [2.75, 3.05) is 24.6 Å². The number of nitrogens with zero attached hydrogens (tertiary/aromatic N) is 1. The van der Waals surface area contributed by atoms with Crippen LogP contribution in [0, 0.1) is 10.8 Å². The number of aromatic hydroxyl groups is 1. The van der Waals surface area contributed by atoms with Crippen LogP contribution in [0.3, 0.4) is 0 Å². The molecular weight excluding hydrogens is 418 g/mol. The maximum Gasteiger partial charge on any atom is 0.123 e. The smallest absolute Gasteiger partial charge is 0.123 e. The largest absolute Gasteiger partial charge is 0.507 e. The van der Waals surface area contributed by atoms with Crippen molar-refractivity contribution < 1.29 is 9.84 Å². The lowest BCUT2D eigenvalue weighted by Crippen LogP contribution is -2.43. The highest BCUT2D eigenvalue weighted by Crippen LogP contribution is 2.64. The van der Waals surface area contributed by atoms with Crippen LogP contribution in [-0.2, 0) is 10.2 Å². The Bertz CT molecular complexity index is 1270. The van der Waals surface area contributed by atoms with Crippen LogP contribution in [-0.4, -0.2) is 30.9 Å². The molecule has 0 bridgehead atoms. The van der Waals surface area contributed by atoms with Gasteiger partial charge in [0, 0.05) is 29.6 Å². The average molecular weight is 456 g/mol. The fourth-order valence-electron chi connectivity index (χ4n) is 8.07. The minimum Gasteiger partial charge on any atom is -0.507 e. The van der Waals surface area contributed by atoms with Crippen LogP contribution < -0.4 is 4.90 Å². The molecule has 178 valence electrons. The zero-order valence-corrected chi connectivity index (χ0v) is 21.2. The molecule has 0 amide bonds. The number of ether oxygens (including phenoxy) is 1. The summed E-state index contributed by atoms with van der Waals surface area (Å²) in [5.41, 5.74) is 7.07. The summed E-state index contributed by atoms with van der Waals surface area (Å²) in [4.78, 5) is 2.42. The van der Waals surface area contributed by atoms with Crippen LogP contribution in [0.4, 0.5) is 5.69 Å². The Morgan fingerprint density at radius 3 is 2.35 bits per heavy atom. The van der Waals surface area contributed by atoms with E-state index in [1.165, 1.54) is 39.7 Å². The predicted octanol–water partition coefficient (Wildman–Crippen LogP) is 7.27. The monoisotopic (exact) mass is 455 g/mol. The van der Waals surface area contributed by atoms with E-state index in [0.29, 0.717) is 5.75 Å². The molecule has 2 fully saturated rings. The van der Waals surface area contributed by atoms with Gasteiger partial charge in [-0.2, -0.15) is 0 Å². The molecule has 3 aromatic carbocycles. The Morgan fingerprint density at radius 1 is 0.882 bits per heavy atom. The molecule has 3 aliphatic rings. The third-order valence-corrected chi connectivity index (χ3v) is 8.45. The van der Waals surface area contributed by atoms with Crippen molar-refractivity contribution >= 4 is 16.5 Å². The summed E-state index contributed by atoms with van der Waals surface area (Å²) in [7, 11) is 0. The normalized spacial score (nSPS) is 24.3. The van der Waals surface area contributed by atoms with E-state index in [0.717, 1.165) is 37.9 Å². The molecule has 1 aliphatic heterocycles. The molecule has 1 saturated heterocycles. The van der Waals surface area contributed by atoms with E-state index in [1.807, 2.05) is 0 Å². The number of anilines is 1. The molecule has 34 heavy (non-hydrogen) atoms. The number of morpholine rings is 1. The maximum absolute atomic E-state index is 11.3. The van der Waals surface area contributed by atoms with Gasteiger partial charge in [0.05, 0.1) is 12.7 Å². The lowest BCUT2D eigenvalue weighted by Gasteiger charge is -2.51. The minimum atomic E-state index is -0.0632. The first-order chi connectivity index (χ1) is 16.1. The van der Waals surface area contributed by atoms with Gasteiger partial charge in [0.2, 0.25) is 0 Å². The Morgan fingerprint density at radius 2 is 1.62 bits per heavy atom. The van der Waals surface area contributed by atoms with Crippen molar-refractivity contribution in [1.82, 2.24) is 0 Å². The molecule has 1 N–H and O–H groups in total. The van der Waals surface area contributed by atoms with Crippen molar-refractivity contribution in [3.8, 4) is 16.9 Å². The molecule has 3 aromatic rings. The van der Waals surface area contributed by atoms with Gasteiger partial charge in [-0.3, -0.25) is 0 Å². The molecular formula is C31H37NO2. The van der Waals surface area contributed by atoms with Crippen LogP contribution in [0.5, 0.6) is 5.75 Å². The fraction of sp³-hybridized carbons (Fsp3) is 0.484. The maximum atomic E-state index is 11.3. The Labute approximate surface area is 203 Å². The second-order valence-electron chi connectivity index (χ2n) is 12.7. The molecule has 3 nitrogen and oxygen atoms in total. The first kappa shape index (κ1) is 22.0. The highest BCUT2D eigenvalue weighted by Gasteiger charge is 2.53. The quantitative estimate of drug-likeness (QED) is 0.419. The zero-order valence-electron chi connectivity index (χ0n) is 21.2. The second-order valence-corrected chi connectivity index (χ2v) is 12.7. The summed E-state index contributed by atoms with van der Waals surface area (Å²) in [5.74, 6) is 0.406. The molecule has 3 heteroatoms. The summed E-state index contributed by atoms with van der Waals surface area (Å²) < 4.78 is 5.79. The summed E-state index contributed by atoms with van der Waals surface area (Å²) in [5, 5.41) is 13.4. The number of fused-ring (bicyclic) bond motifs is 7. The van der Waals surface area contributed by atoms with Gasteiger partial charge in [-0.1, -0.05) is 52.0 Å². The summed E-state index contributed by atoms with van der Waals surface area (Å²) in [6.45, 7) is 14.4. The number of phenolic OH excluding ortho intramolecular Hbond substituents is 1. The lowest BCUT2D eigenvalue weighted by atomic mass is 9.52. The van der Waals surface area contributed by atoms with E-state index in [-0.39, 0.29) is 22.3 Å². The second kappa shape index (κ2) is 7.24. The first-order valence-electron chi connectivity index (χ1n) is 12.9. The third-order valence-electron chi connectivity index (χ3n) is 8.45. The van der Waals surface area contributed by atoms with Crippen LogP contribution in [0.2, 0.25) is 0 Å². The van der Waals surface area contributed by atoms with Gasteiger partial charge >= 0.3 is 0 Å². The van der Waals surface area contributed by atoms with Gasteiger partial charge in [-0.05, 0) is 88.9 Å². The summed E-state index contributed by atoms with van der Waals surface area (Å²) in [6.07, 6.45) is 3.67. The number of phenols is 1. The molecule has 1 heterocycles. The van der Waals surface area contributed by atoms with Crippen molar-refractivity contribution in [3.63, 3.8) is 0 Å². The summed E-state index contributed by atoms with van der Waals surface area (Å²) >= 11 is 0. The van der Waals surface area contributed by atoms with Crippen LogP contribution in [0.15, 0.2) is 48.5 Å². The van der Waals surface area contributed by atoms with Gasteiger partial charge < -0.3 is 14.7 Å². The van der Waals surface area contributed by atoms with Crippen molar-refractivity contribution in [1.29, 1.82) is 0 Å². The number of hydrogen-bond acceptors (Lipinski definition) is 3. The van der Waals surface area contributed by atoms with Crippen LogP contribution in [0.25, 0.3) is 21.9 Å². The molecule has 0 radical (unpaired) electrons. The first-order valence-corrected chi connectivity index (χ1v) is 12.9. The highest BCUT2D eigenvalue weighted by atomic mass is 16.5. The van der Waals surface area contributed by atoms with Gasteiger partial charge in [-0.15, -0.1) is 0 Å². The average Bonchev–Trinajstić information content (AvgIpc) is 3.00. The standard InChI is InChI=1S/C31H37NO2/c1-20-16-32(12-13-34-20)21-10-11-22-24(14-21)28-23-8-6-7-9-25(23)31(26(28)15-27(22)33)18-29(2,3)17-30(4,5)19-31/h6-11,14-15,20,33H,12-13,16-19H2,1-5H3. The van der Waals surface area contributed by atoms with E-state index < -0.39 is 0 Å². The molecule has 2 aliphatic carbocycles. The Kier molecular flexibility index (Phi) is 4.68. The van der Waals surface area contributed by atoms with Gasteiger partial charge in [-0.25, -0.2) is 0 Å². The Hall–Kier alpha value is -2.52. The van der Waals surface area contributed by atoms with Gasteiger partial charge in [0.15, 0.2) is 0 Å². The van der Waals surface area contributed by atoms with E-state index in [4.69, 9.17) is 4.74 Å². The molecule has 6 rings (SSSR count). The zero-order chi connectivity index (χ0) is 23.9. The number of rotatable bonds is 1. The lowest BCUT2D eigenvalue weighted by molar-refractivity contribution is 0.0532. The van der Waals surface area contributed by atoms with Gasteiger partial charge in [0.25, 0.3) is 0 Å². The third kappa shape index (κ3) is 3.27. The van der Waals surface area contributed by atoms with E-state index >= 15 is 0 Å². The van der Waals surface area contributed by atoms with E-state index in [9.17, 15) is 5.11 Å². The molecule has 1 unspecified atom stereocenters. The predicted molar refractivity (Wildman–Crippen MR) is 141 cm³/mol. The molecule has 0 aromatic heterocycles. The topological polar surface area (TPSA) is 32.7 Å². The highest BCUT2D eigenvalue weighted by molar-refractivity contribution is 6.06. The molecule has 1 spiro atoms. The number of benzene rings is 3. The molecule has 1 atom stereocenters. The van der Waals surface area contributed by atoms with E-state index in [1.54, 1.807) is 0 Å². The summed E-state index contributed by atoms with van der Waals surface area (Å²) in [6, 6.07) is 17.7. The van der Waals surface area contributed by atoms with Crippen molar-refractivity contribution in [2.45, 2.75) is 65.4 Å². The van der Waals surface area contributed by atoms with Gasteiger partial charge in [0.1, 0.15) is 5.75 Å². The van der Waals surface area contributed by atoms with Crippen LogP contribution in [0.1, 0.15) is 65.0 Å². The Balaban J connectivity index is 1.62. The van der Waals surface area contributed by atoms with E-state index in [2.05, 4.69) is 88.0 Å². The van der Waals surface area contributed by atoms with Crippen molar-refractivity contribution in [2.24, 2.45) is 10.8 Å². The SMILES string of the molecule is CC1CN(c2ccc3c(O)cc4c(c3c2)-c2ccccc2C42CC(C)(C)CC(C)(C)C2)CCO1. The minimum absolute atomic E-state index is 0.0632. The molecule has 1 saturated carbocycles.